The zero-order chi connectivity index (χ0) is 15.6. The third-order valence-corrected chi connectivity index (χ3v) is 4.35. The first-order chi connectivity index (χ1) is 11.3. The van der Waals surface area contributed by atoms with Crippen LogP contribution in [-0.4, -0.2) is 41.1 Å². The summed E-state index contributed by atoms with van der Waals surface area (Å²) in [6.45, 7) is 5.79. The van der Waals surface area contributed by atoms with E-state index in [9.17, 15) is 0 Å². The minimum Gasteiger partial charge on any atom is -0.353 e. The van der Waals surface area contributed by atoms with E-state index in [0.29, 0.717) is 0 Å². The largest absolute Gasteiger partial charge is 0.353 e. The van der Waals surface area contributed by atoms with Crippen molar-refractivity contribution in [2.45, 2.75) is 6.92 Å². The maximum atomic E-state index is 4.62. The lowest BCUT2D eigenvalue weighted by Crippen LogP contribution is -2.47. The Balaban J connectivity index is 1.55. The van der Waals surface area contributed by atoms with Crippen molar-refractivity contribution in [3.05, 3.63) is 54.6 Å². The Morgan fingerprint density at radius 1 is 0.870 bits per heavy atom. The van der Waals surface area contributed by atoms with Gasteiger partial charge in [0.05, 0.1) is 0 Å². The van der Waals surface area contributed by atoms with Crippen molar-refractivity contribution in [2.24, 2.45) is 0 Å². The van der Waals surface area contributed by atoms with Crippen molar-refractivity contribution in [1.82, 2.24) is 15.0 Å². The van der Waals surface area contributed by atoms with Crippen LogP contribution in [0.4, 0.5) is 11.6 Å². The molecule has 0 atom stereocenters. The highest BCUT2D eigenvalue weighted by atomic mass is 15.3. The quantitative estimate of drug-likeness (QED) is 0.728. The predicted octanol–water partition coefficient (Wildman–Crippen LogP) is 2.66. The Hall–Kier alpha value is -2.69. The van der Waals surface area contributed by atoms with Gasteiger partial charge in [-0.15, -0.1) is 0 Å². The number of benzene rings is 1. The molecule has 1 fully saturated rings. The summed E-state index contributed by atoms with van der Waals surface area (Å²) < 4.78 is 0. The number of nitrogens with zero attached hydrogens (tertiary/aromatic N) is 5. The highest BCUT2D eigenvalue weighted by Crippen LogP contribution is 2.25. The summed E-state index contributed by atoms with van der Waals surface area (Å²) in [5, 5.41) is 2.47. The van der Waals surface area contributed by atoms with Crippen LogP contribution in [-0.2, 0) is 0 Å². The van der Waals surface area contributed by atoms with E-state index in [4.69, 9.17) is 0 Å². The second kappa shape index (κ2) is 5.83. The number of piperazine rings is 1. The van der Waals surface area contributed by atoms with Gasteiger partial charge in [-0.1, -0.05) is 24.3 Å². The molecule has 0 aliphatic carbocycles. The van der Waals surface area contributed by atoms with Crippen molar-refractivity contribution in [1.29, 1.82) is 0 Å². The fourth-order valence-corrected chi connectivity index (χ4v) is 3.12. The molecule has 0 amide bonds. The molecule has 0 unspecified atom stereocenters. The van der Waals surface area contributed by atoms with Gasteiger partial charge in [-0.25, -0.2) is 15.0 Å². The predicted molar refractivity (Wildman–Crippen MR) is 92.9 cm³/mol. The van der Waals surface area contributed by atoms with Crippen LogP contribution in [0, 0.1) is 6.92 Å². The first-order valence-electron chi connectivity index (χ1n) is 7.93. The number of aromatic nitrogens is 3. The number of fused-ring (bicyclic) bond motifs is 1. The molecular weight excluding hydrogens is 286 g/mol. The van der Waals surface area contributed by atoms with Crippen LogP contribution in [0.2, 0.25) is 0 Å². The second-order valence-corrected chi connectivity index (χ2v) is 5.85. The Labute approximate surface area is 135 Å². The van der Waals surface area contributed by atoms with Gasteiger partial charge in [0.1, 0.15) is 18.0 Å². The molecular formula is C18H19N5. The molecule has 1 aliphatic rings. The van der Waals surface area contributed by atoms with E-state index in [-0.39, 0.29) is 0 Å². The van der Waals surface area contributed by atoms with Gasteiger partial charge >= 0.3 is 0 Å². The topological polar surface area (TPSA) is 45.2 Å². The molecule has 5 heteroatoms. The SMILES string of the molecule is Cc1cc(N2CCN(c3nccc4ccccc34)CC2)ncn1. The van der Waals surface area contributed by atoms with Crippen LogP contribution in [0.5, 0.6) is 0 Å². The first kappa shape index (κ1) is 13.9. The van der Waals surface area contributed by atoms with E-state index >= 15 is 0 Å². The maximum absolute atomic E-state index is 4.62. The van der Waals surface area contributed by atoms with Gasteiger partial charge in [0.2, 0.25) is 0 Å². The monoisotopic (exact) mass is 305 g/mol. The van der Waals surface area contributed by atoms with E-state index in [2.05, 4.69) is 55.1 Å². The number of rotatable bonds is 2. The average molecular weight is 305 g/mol. The number of hydrogen-bond acceptors (Lipinski definition) is 5. The summed E-state index contributed by atoms with van der Waals surface area (Å²) in [5.41, 5.74) is 1.01. The number of pyridine rings is 1. The van der Waals surface area contributed by atoms with Gasteiger partial charge < -0.3 is 9.80 Å². The molecule has 3 heterocycles. The van der Waals surface area contributed by atoms with E-state index in [1.165, 1.54) is 10.8 Å². The van der Waals surface area contributed by atoms with E-state index in [1.54, 1.807) is 6.33 Å². The van der Waals surface area contributed by atoms with Gasteiger partial charge in [0, 0.05) is 49.5 Å². The molecule has 116 valence electrons. The summed E-state index contributed by atoms with van der Waals surface area (Å²) in [6, 6.07) is 12.6. The molecule has 5 nitrogen and oxygen atoms in total. The van der Waals surface area contributed by atoms with Gasteiger partial charge in [0.15, 0.2) is 0 Å². The maximum Gasteiger partial charge on any atom is 0.136 e. The molecule has 0 saturated carbocycles. The normalized spacial score (nSPS) is 15.2. The van der Waals surface area contributed by atoms with Crippen LogP contribution >= 0.6 is 0 Å². The lowest BCUT2D eigenvalue weighted by atomic mass is 10.1. The summed E-state index contributed by atoms with van der Waals surface area (Å²) >= 11 is 0. The average Bonchev–Trinajstić information content (AvgIpc) is 2.61. The van der Waals surface area contributed by atoms with Crippen LogP contribution in [0.3, 0.4) is 0 Å². The Bertz CT molecular complexity index is 819. The minimum absolute atomic E-state index is 0.946. The summed E-state index contributed by atoms with van der Waals surface area (Å²) in [7, 11) is 0. The molecule has 1 saturated heterocycles. The lowest BCUT2D eigenvalue weighted by molar-refractivity contribution is 0.642. The fraction of sp³-hybridized carbons (Fsp3) is 0.278. The molecule has 2 aromatic heterocycles. The molecule has 0 bridgehead atoms. The third-order valence-electron chi connectivity index (χ3n) is 4.35. The standard InChI is InChI=1S/C18H19N5/c1-14-12-17(21-13-20-14)22-8-10-23(11-9-22)18-16-5-3-2-4-15(16)6-7-19-18/h2-7,12-13H,8-11H2,1H3. The fourth-order valence-electron chi connectivity index (χ4n) is 3.12. The molecule has 4 rings (SSSR count). The van der Waals surface area contributed by atoms with Gasteiger partial charge in [-0.05, 0) is 18.4 Å². The second-order valence-electron chi connectivity index (χ2n) is 5.85. The first-order valence-corrected chi connectivity index (χ1v) is 7.93. The van der Waals surface area contributed by atoms with Gasteiger partial charge in [0.25, 0.3) is 0 Å². The Morgan fingerprint density at radius 2 is 1.65 bits per heavy atom. The van der Waals surface area contributed by atoms with Crippen LogP contribution < -0.4 is 9.80 Å². The highest BCUT2D eigenvalue weighted by Gasteiger charge is 2.20. The summed E-state index contributed by atoms with van der Waals surface area (Å²) in [6.07, 6.45) is 3.54. The van der Waals surface area contributed by atoms with Gasteiger partial charge in [-0.3, -0.25) is 0 Å². The Kier molecular flexibility index (Phi) is 3.54. The smallest absolute Gasteiger partial charge is 0.136 e. The molecule has 1 aromatic carbocycles. The van der Waals surface area contributed by atoms with E-state index in [0.717, 1.165) is 43.5 Å². The highest BCUT2D eigenvalue weighted by molar-refractivity contribution is 5.92. The summed E-state index contributed by atoms with van der Waals surface area (Å²) in [4.78, 5) is 17.9. The number of aryl methyl sites for hydroxylation is 1. The lowest BCUT2D eigenvalue weighted by Gasteiger charge is -2.36. The van der Waals surface area contributed by atoms with Crippen LogP contribution in [0.15, 0.2) is 48.9 Å². The van der Waals surface area contributed by atoms with Crippen molar-refractivity contribution in [3.8, 4) is 0 Å². The molecule has 1 aliphatic heterocycles. The van der Waals surface area contributed by atoms with E-state index < -0.39 is 0 Å². The van der Waals surface area contributed by atoms with Gasteiger partial charge in [-0.2, -0.15) is 0 Å². The molecule has 3 aromatic rings. The minimum atomic E-state index is 0.946. The number of anilines is 2. The molecule has 0 spiro atoms. The van der Waals surface area contributed by atoms with Crippen molar-refractivity contribution in [2.75, 3.05) is 36.0 Å². The van der Waals surface area contributed by atoms with Crippen LogP contribution in [0.25, 0.3) is 10.8 Å². The summed E-state index contributed by atoms with van der Waals surface area (Å²) in [5.74, 6) is 2.10. The van der Waals surface area contributed by atoms with E-state index in [1.807, 2.05) is 19.2 Å². The zero-order valence-corrected chi connectivity index (χ0v) is 13.2. The molecule has 0 N–H and O–H groups in total. The number of hydrogen-bond donors (Lipinski definition) is 0. The van der Waals surface area contributed by atoms with Crippen molar-refractivity contribution < 1.29 is 0 Å². The molecule has 0 radical (unpaired) electrons. The van der Waals surface area contributed by atoms with Crippen LogP contribution in [0.1, 0.15) is 5.69 Å². The molecule has 23 heavy (non-hydrogen) atoms. The Morgan fingerprint density at radius 3 is 2.48 bits per heavy atom. The van der Waals surface area contributed by atoms with Crippen molar-refractivity contribution >= 4 is 22.4 Å². The third kappa shape index (κ3) is 2.70. The van der Waals surface area contributed by atoms with Crippen molar-refractivity contribution in [3.63, 3.8) is 0 Å². The zero-order valence-electron chi connectivity index (χ0n) is 13.2.